The molecule has 0 rings (SSSR count). The van der Waals surface area contributed by atoms with Gasteiger partial charge in [0.25, 0.3) is 0 Å². The fourth-order valence-corrected chi connectivity index (χ4v) is 1.36. The molecule has 0 heterocycles. The minimum atomic E-state index is -4.16. The minimum Gasteiger partial charge on any atom is -0.480 e. The zero-order chi connectivity index (χ0) is 12.1. The van der Waals surface area contributed by atoms with Crippen LogP contribution in [0.3, 0.4) is 0 Å². The minimum absolute atomic E-state index is 0.0657. The van der Waals surface area contributed by atoms with Crippen molar-refractivity contribution in [3.63, 3.8) is 0 Å². The molecule has 0 amide bonds. The number of nitrogens with zero attached hydrogens (tertiary/aromatic N) is 1. The molecule has 0 saturated carbocycles. The second-order valence-electron chi connectivity index (χ2n) is 3.46. The second-order valence-corrected chi connectivity index (χ2v) is 3.46. The molecule has 0 aliphatic rings. The number of carboxylic acid groups (broad SMARTS) is 1. The number of rotatable bonds is 6. The summed E-state index contributed by atoms with van der Waals surface area (Å²) in [6.07, 6.45) is -4.71. The Bertz CT molecular complexity index is 206. The molecule has 0 fully saturated rings. The van der Waals surface area contributed by atoms with Crippen LogP contribution in [0.15, 0.2) is 0 Å². The van der Waals surface area contributed by atoms with E-state index >= 15 is 0 Å². The highest BCUT2D eigenvalue weighted by Gasteiger charge is 2.27. The summed E-state index contributed by atoms with van der Waals surface area (Å²) >= 11 is 0. The number of carbonyl (C=O) groups is 1. The van der Waals surface area contributed by atoms with E-state index in [2.05, 4.69) is 0 Å². The molecule has 1 atom stereocenters. The van der Waals surface area contributed by atoms with Gasteiger partial charge in [0.1, 0.15) is 6.04 Å². The largest absolute Gasteiger partial charge is 0.480 e. The molecule has 0 aromatic carbocycles. The van der Waals surface area contributed by atoms with Gasteiger partial charge in [0, 0.05) is 6.42 Å². The lowest BCUT2D eigenvalue weighted by Gasteiger charge is -2.23. The first kappa shape index (κ1) is 14.2. The Kier molecular flexibility index (Phi) is 5.64. The van der Waals surface area contributed by atoms with Gasteiger partial charge in [0.2, 0.25) is 0 Å². The van der Waals surface area contributed by atoms with Crippen LogP contribution in [-0.2, 0) is 4.79 Å². The quantitative estimate of drug-likeness (QED) is 0.755. The van der Waals surface area contributed by atoms with E-state index in [0.29, 0.717) is 6.42 Å². The number of aliphatic carboxylic acids is 1. The molecular weight excluding hydrogens is 211 g/mol. The average Bonchev–Trinajstić information content (AvgIpc) is 2.01. The van der Waals surface area contributed by atoms with Gasteiger partial charge in [-0.25, -0.2) is 0 Å². The number of hydrogen-bond acceptors (Lipinski definition) is 2. The zero-order valence-electron chi connectivity index (χ0n) is 8.84. The van der Waals surface area contributed by atoms with Gasteiger partial charge in [-0.3, -0.25) is 9.69 Å². The van der Waals surface area contributed by atoms with E-state index in [4.69, 9.17) is 5.11 Å². The Hall–Kier alpha value is -0.780. The van der Waals surface area contributed by atoms with Gasteiger partial charge in [0.05, 0.1) is 0 Å². The van der Waals surface area contributed by atoms with E-state index in [-0.39, 0.29) is 13.0 Å². The smallest absolute Gasteiger partial charge is 0.389 e. The normalized spacial score (nSPS) is 14.3. The monoisotopic (exact) mass is 227 g/mol. The predicted molar refractivity (Wildman–Crippen MR) is 49.6 cm³/mol. The summed E-state index contributed by atoms with van der Waals surface area (Å²) in [6, 6.07) is -0.696. The Morgan fingerprint density at radius 1 is 1.47 bits per heavy atom. The average molecular weight is 227 g/mol. The third-order valence-corrected chi connectivity index (χ3v) is 2.17. The molecular formula is C9H16F3NO2. The van der Waals surface area contributed by atoms with Crippen molar-refractivity contribution in [3.05, 3.63) is 0 Å². The van der Waals surface area contributed by atoms with Gasteiger partial charge in [-0.1, -0.05) is 6.92 Å². The summed E-state index contributed by atoms with van der Waals surface area (Å²) in [5, 5.41) is 8.74. The molecule has 0 aromatic heterocycles. The number of carboxylic acids is 1. The molecule has 0 aliphatic heterocycles. The maximum absolute atomic E-state index is 11.8. The molecule has 6 heteroatoms. The highest BCUT2D eigenvalue weighted by Crippen LogP contribution is 2.21. The Balaban J connectivity index is 3.92. The molecule has 0 saturated heterocycles. The number of hydrogen-bond donors (Lipinski definition) is 1. The van der Waals surface area contributed by atoms with Crippen LogP contribution in [0.2, 0.25) is 0 Å². The van der Waals surface area contributed by atoms with Crippen LogP contribution in [-0.4, -0.2) is 41.8 Å². The van der Waals surface area contributed by atoms with E-state index in [1.165, 1.54) is 11.9 Å². The number of likely N-dealkylation sites (N-methyl/N-ethyl adjacent to an activating group) is 1. The summed E-state index contributed by atoms with van der Waals surface area (Å²) in [6.45, 7) is 1.84. The summed E-state index contributed by atoms with van der Waals surface area (Å²) in [5.74, 6) is -0.994. The molecule has 1 N–H and O–H groups in total. The van der Waals surface area contributed by atoms with Gasteiger partial charge >= 0.3 is 12.1 Å². The topological polar surface area (TPSA) is 40.5 Å². The third kappa shape index (κ3) is 6.33. The van der Waals surface area contributed by atoms with Gasteiger partial charge in [-0.2, -0.15) is 13.2 Å². The van der Waals surface area contributed by atoms with Crippen LogP contribution < -0.4 is 0 Å². The molecule has 0 aromatic rings. The van der Waals surface area contributed by atoms with Crippen LogP contribution in [0.4, 0.5) is 13.2 Å². The molecule has 90 valence electrons. The van der Waals surface area contributed by atoms with Crippen molar-refractivity contribution in [2.75, 3.05) is 13.6 Å². The van der Waals surface area contributed by atoms with Crippen molar-refractivity contribution in [1.29, 1.82) is 0 Å². The maximum atomic E-state index is 11.8. The maximum Gasteiger partial charge on any atom is 0.389 e. The highest BCUT2D eigenvalue weighted by molar-refractivity contribution is 5.73. The fourth-order valence-electron chi connectivity index (χ4n) is 1.36. The van der Waals surface area contributed by atoms with E-state index in [1.54, 1.807) is 6.92 Å². The van der Waals surface area contributed by atoms with E-state index in [9.17, 15) is 18.0 Å². The summed E-state index contributed by atoms with van der Waals surface area (Å²) in [4.78, 5) is 12.1. The molecule has 1 unspecified atom stereocenters. The summed E-state index contributed by atoms with van der Waals surface area (Å²) in [7, 11) is 1.53. The number of halogens is 3. The van der Waals surface area contributed by atoms with E-state index < -0.39 is 24.6 Å². The lowest BCUT2D eigenvalue weighted by Crippen LogP contribution is -2.38. The van der Waals surface area contributed by atoms with Gasteiger partial charge < -0.3 is 5.11 Å². The van der Waals surface area contributed by atoms with Gasteiger partial charge in [-0.15, -0.1) is 0 Å². The fraction of sp³-hybridized carbons (Fsp3) is 0.889. The van der Waals surface area contributed by atoms with Crippen molar-refractivity contribution in [2.45, 2.75) is 38.4 Å². The van der Waals surface area contributed by atoms with Crippen molar-refractivity contribution < 1.29 is 23.1 Å². The van der Waals surface area contributed by atoms with Crippen LogP contribution in [0.1, 0.15) is 26.2 Å². The Morgan fingerprint density at radius 3 is 2.33 bits per heavy atom. The molecule has 0 bridgehead atoms. The van der Waals surface area contributed by atoms with Gasteiger partial charge in [0.15, 0.2) is 0 Å². The molecule has 0 aliphatic carbocycles. The first-order valence-corrected chi connectivity index (χ1v) is 4.77. The summed E-state index contributed by atoms with van der Waals surface area (Å²) < 4.78 is 35.4. The Morgan fingerprint density at radius 2 is 2.00 bits per heavy atom. The first-order valence-electron chi connectivity index (χ1n) is 4.77. The molecule has 15 heavy (non-hydrogen) atoms. The van der Waals surface area contributed by atoms with E-state index in [1.807, 2.05) is 0 Å². The Labute approximate surface area is 86.9 Å². The standard InChI is InChI=1S/C9H16F3NO2/c1-3-7(8(14)15)13(2)6-4-5-9(10,11)12/h7H,3-6H2,1-2H3,(H,14,15). The lowest BCUT2D eigenvalue weighted by molar-refractivity contribution is -0.143. The van der Waals surface area contributed by atoms with Gasteiger partial charge in [-0.05, 0) is 26.4 Å². The lowest BCUT2D eigenvalue weighted by atomic mass is 10.2. The SMILES string of the molecule is CCC(C(=O)O)N(C)CCCC(F)(F)F. The predicted octanol–water partition coefficient (Wildman–Crippen LogP) is 2.12. The van der Waals surface area contributed by atoms with Crippen molar-refractivity contribution >= 4 is 5.97 Å². The van der Waals surface area contributed by atoms with Crippen LogP contribution in [0.25, 0.3) is 0 Å². The third-order valence-electron chi connectivity index (χ3n) is 2.17. The van der Waals surface area contributed by atoms with Crippen LogP contribution in [0, 0.1) is 0 Å². The zero-order valence-corrected chi connectivity index (χ0v) is 8.84. The molecule has 0 radical (unpaired) electrons. The highest BCUT2D eigenvalue weighted by atomic mass is 19.4. The second kappa shape index (κ2) is 5.95. The van der Waals surface area contributed by atoms with Crippen LogP contribution in [0.5, 0.6) is 0 Å². The van der Waals surface area contributed by atoms with Crippen LogP contribution >= 0.6 is 0 Å². The molecule has 3 nitrogen and oxygen atoms in total. The first-order chi connectivity index (χ1) is 6.78. The molecule has 0 spiro atoms. The summed E-state index contributed by atoms with van der Waals surface area (Å²) in [5.41, 5.74) is 0. The van der Waals surface area contributed by atoms with Crippen molar-refractivity contribution in [2.24, 2.45) is 0 Å². The van der Waals surface area contributed by atoms with E-state index in [0.717, 1.165) is 0 Å². The number of alkyl halides is 3. The van der Waals surface area contributed by atoms with Crippen molar-refractivity contribution in [1.82, 2.24) is 4.90 Å². The van der Waals surface area contributed by atoms with Crippen molar-refractivity contribution in [3.8, 4) is 0 Å².